The van der Waals surface area contributed by atoms with Crippen molar-refractivity contribution in [3.8, 4) is 0 Å². The second-order valence-corrected chi connectivity index (χ2v) is 7.22. The molecule has 1 aliphatic heterocycles. The molecule has 0 radical (unpaired) electrons. The number of benzene rings is 1. The summed E-state index contributed by atoms with van der Waals surface area (Å²) in [7, 11) is 2.08. The third kappa shape index (κ3) is 3.94. The van der Waals surface area contributed by atoms with Gasteiger partial charge in [0, 0.05) is 31.9 Å². The molecule has 1 fully saturated rings. The molecule has 0 amide bonds. The molecule has 0 aliphatic carbocycles. The lowest BCUT2D eigenvalue weighted by atomic mass is 9.76. The molecule has 2 nitrogen and oxygen atoms in total. The summed E-state index contributed by atoms with van der Waals surface area (Å²) in [6.07, 6.45) is -4.23. The number of likely N-dealkylation sites (N-methyl/N-ethyl adjacent to an activating group) is 1. The van der Waals surface area contributed by atoms with E-state index in [0.717, 1.165) is 31.9 Å². The highest BCUT2D eigenvalue weighted by atomic mass is 19.4. The third-order valence-corrected chi connectivity index (χ3v) is 4.29. The van der Waals surface area contributed by atoms with Gasteiger partial charge in [-0.15, -0.1) is 0 Å². The summed E-state index contributed by atoms with van der Waals surface area (Å²) in [4.78, 5) is 4.48. The second kappa shape index (κ2) is 6.11. The average Bonchev–Trinajstić information content (AvgIpc) is 2.37. The number of hydrogen-bond acceptors (Lipinski definition) is 2. The molecule has 0 N–H and O–H groups in total. The first-order valence-electron chi connectivity index (χ1n) is 7.69. The molecule has 124 valence electrons. The van der Waals surface area contributed by atoms with E-state index in [1.165, 1.54) is 0 Å². The van der Waals surface area contributed by atoms with Gasteiger partial charge < -0.3 is 9.80 Å². The summed E-state index contributed by atoms with van der Waals surface area (Å²) < 4.78 is 40.2. The van der Waals surface area contributed by atoms with Gasteiger partial charge in [0.15, 0.2) is 0 Å². The number of nitrogens with zero attached hydrogens (tertiary/aromatic N) is 2. The third-order valence-electron chi connectivity index (χ3n) is 4.29. The molecule has 1 atom stereocenters. The van der Waals surface area contributed by atoms with Gasteiger partial charge in [-0.2, -0.15) is 13.2 Å². The Kier molecular flexibility index (Phi) is 4.76. The number of piperazine rings is 1. The van der Waals surface area contributed by atoms with E-state index >= 15 is 0 Å². The Labute approximate surface area is 130 Å². The van der Waals surface area contributed by atoms with Crippen molar-refractivity contribution in [2.24, 2.45) is 5.41 Å². The van der Waals surface area contributed by atoms with Crippen molar-refractivity contribution < 1.29 is 13.2 Å². The van der Waals surface area contributed by atoms with E-state index in [4.69, 9.17) is 0 Å². The Morgan fingerprint density at radius 1 is 0.909 bits per heavy atom. The molecule has 0 saturated carbocycles. The molecule has 1 saturated heterocycles. The summed E-state index contributed by atoms with van der Waals surface area (Å²) in [5, 5.41) is 0. The van der Waals surface area contributed by atoms with Crippen molar-refractivity contribution in [1.82, 2.24) is 4.90 Å². The van der Waals surface area contributed by atoms with Crippen molar-refractivity contribution >= 4 is 5.69 Å². The smallest absolute Gasteiger partial charge is 0.369 e. The van der Waals surface area contributed by atoms with Gasteiger partial charge in [0.25, 0.3) is 0 Å². The predicted octanol–water partition coefficient (Wildman–Crippen LogP) is 4.13. The summed E-state index contributed by atoms with van der Waals surface area (Å²) in [6.45, 7) is 8.71. The zero-order chi connectivity index (χ0) is 16.5. The standard InChI is InChI=1S/C17H25F3N2/c1-16(2,3)15(17(18,19)20)13-5-7-14(8-6-13)22-11-9-21(4)10-12-22/h5-8,15H,9-12H2,1-4H3. The van der Waals surface area contributed by atoms with E-state index in [1.807, 2.05) is 12.1 Å². The van der Waals surface area contributed by atoms with Gasteiger partial charge in [0.2, 0.25) is 0 Å². The molecule has 1 aliphatic rings. The number of halogens is 3. The Morgan fingerprint density at radius 2 is 1.41 bits per heavy atom. The number of rotatable bonds is 2. The van der Waals surface area contributed by atoms with Crippen LogP contribution < -0.4 is 4.90 Å². The Morgan fingerprint density at radius 3 is 1.82 bits per heavy atom. The molecule has 1 aromatic carbocycles. The van der Waals surface area contributed by atoms with E-state index < -0.39 is 17.5 Å². The molecule has 1 aromatic rings. The summed E-state index contributed by atoms with van der Waals surface area (Å²) in [6, 6.07) is 6.92. The monoisotopic (exact) mass is 314 g/mol. The van der Waals surface area contributed by atoms with Gasteiger partial charge in [-0.25, -0.2) is 0 Å². The van der Waals surface area contributed by atoms with Crippen molar-refractivity contribution in [3.63, 3.8) is 0 Å². The fourth-order valence-electron chi connectivity index (χ4n) is 3.12. The first-order chi connectivity index (χ1) is 10.1. The van der Waals surface area contributed by atoms with Crippen LogP contribution in [0, 0.1) is 5.41 Å². The molecule has 0 spiro atoms. The highest BCUT2D eigenvalue weighted by Gasteiger charge is 2.47. The van der Waals surface area contributed by atoms with Crippen molar-refractivity contribution in [2.75, 3.05) is 38.1 Å². The Balaban J connectivity index is 2.20. The van der Waals surface area contributed by atoms with Crippen LogP contribution in [-0.2, 0) is 0 Å². The topological polar surface area (TPSA) is 6.48 Å². The van der Waals surface area contributed by atoms with Crippen LogP contribution in [0.4, 0.5) is 18.9 Å². The molecule has 22 heavy (non-hydrogen) atoms. The molecule has 1 unspecified atom stereocenters. The second-order valence-electron chi connectivity index (χ2n) is 7.22. The molecule has 0 bridgehead atoms. The predicted molar refractivity (Wildman–Crippen MR) is 84.4 cm³/mol. The van der Waals surface area contributed by atoms with Gasteiger partial charge in [-0.3, -0.25) is 0 Å². The van der Waals surface area contributed by atoms with Crippen LogP contribution in [-0.4, -0.2) is 44.3 Å². The maximum Gasteiger partial charge on any atom is 0.396 e. The van der Waals surface area contributed by atoms with Crippen LogP contribution in [0.25, 0.3) is 0 Å². The summed E-state index contributed by atoms with van der Waals surface area (Å²) in [5.74, 6) is -1.44. The Hall–Kier alpha value is -1.23. The maximum absolute atomic E-state index is 13.4. The molecule has 2 rings (SSSR count). The lowest BCUT2D eigenvalue weighted by Crippen LogP contribution is -2.44. The Bertz CT molecular complexity index is 466. The molecule has 5 heteroatoms. The minimum absolute atomic E-state index is 0.345. The average molecular weight is 314 g/mol. The van der Waals surface area contributed by atoms with E-state index in [1.54, 1.807) is 32.9 Å². The van der Waals surface area contributed by atoms with Crippen LogP contribution in [0.2, 0.25) is 0 Å². The van der Waals surface area contributed by atoms with Crippen molar-refractivity contribution in [2.45, 2.75) is 32.9 Å². The van der Waals surface area contributed by atoms with Crippen LogP contribution in [0.1, 0.15) is 32.3 Å². The van der Waals surface area contributed by atoms with Gasteiger partial charge >= 0.3 is 6.18 Å². The molecular weight excluding hydrogens is 289 g/mol. The highest BCUT2D eigenvalue weighted by molar-refractivity contribution is 5.49. The van der Waals surface area contributed by atoms with Crippen LogP contribution in [0.5, 0.6) is 0 Å². The summed E-state index contributed by atoms with van der Waals surface area (Å²) in [5.41, 5.74) is 0.498. The van der Waals surface area contributed by atoms with Gasteiger partial charge in [0.05, 0.1) is 5.92 Å². The van der Waals surface area contributed by atoms with E-state index in [9.17, 15) is 13.2 Å². The molecule has 0 aromatic heterocycles. The van der Waals surface area contributed by atoms with Crippen LogP contribution in [0.15, 0.2) is 24.3 Å². The first kappa shape index (κ1) is 17.1. The quantitative estimate of drug-likeness (QED) is 0.810. The SMILES string of the molecule is CN1CCN(c2ccc(C(C(C)(C)C)C(F)(F)F)cc2)CC1. The lowest BCUT2D eigenvalue weighted by Gasteiger charge is -2.35. The lowest BCUT2D eigenvalue weighted by molar-refractivity contribution is -0.171. The van der Waals surface area contributed by atoms with Crippen molar-refractivity contribution in [3.05, 3.63) is 29.8 Å². The number of anilines is 1. The van der Waals surface area contributed by atoms with E-state index in [-0.39, 0.29) is 0 Å². The van der Waals surface area contributed by atoms with Crippen LogP contribution in [0.3, 0.4) is 0 Å². The van der Waals surface area contributed by atoms with Gasteiger partial charge in [-0.05, 0) is 30.2 Å². The zero-order valence-corrected chi connectivity index (χ0v) is 13.7. The normalized spacial score (nSPS) is 19.3. The highest BCUT2D eigenvalue weighted by Crippen LogP contribution is 2.46. The largest absolute Gasteiger partial charge is 0.396 e. The van der Waals surface area contributed by atoms with Gasteiger partial charge in [0.1, 0.15) is 0 Å². The first-order valence-corrected chi connectivity index (χ1v) is 7.69. The maximum atomic E-state index is 13.4. The zero-order valence-electron chi connectivity index (χ0n) is 13.7. The fraction of sp³-hybridized carbons (Fsp3) is 0.647. The van der Waals surface area contributed by atoms with E-state index in [2.05, 4.69) is 16.8 Å². The van der Waals surface area contributed by atoms with Crippen molar-refractivity contribution in [1.29, 1.82) is 0 Å². The molecule has 1 heterocycles. The fourth-order valence-corrected chi connectivity index (χ4v) is 3.12. The number of hydrogen-bond donors (Lipinski definition) is 0. The summed E-state index contributed by atoms with van der Waals surface area (Å²) >= 11 is 0. The molecular formula is C17H25F3N2. The van der Waals surface area contributed by atoms with E-state index in [0.29, 0.717) is 5.56 Å². The number of alkyl halides is 3. The minimum atomic E-state index is -4.23. The van der Waals surface area contributed by atoms with Gasteiger partial charge in [-0.1, -0.05) is 32.9 Å². The van der Waals surface area contributed by atoms with Crippen LogP contribution >= 0.6 is 0 Å². The minimum Gasteiger partial charge on any atom is -0.369 e.